The standard InChI is InChI=1S/C9H13N3O4S/c1-16-9(13)12-17(14,15)11-8-5-3-2-4-7(8)6-10/h2-5,11H,6,10H2,1H3,(H,12,13). The average molecular weight is 259 g/mol. The summed E-state index contributed by atoms with van der Waals surface area (Å²) in [4.78, 5) is 10.8. The molecule has 4 N–H and O–H groups in total. The van der Waals surface area contributed by atoms with Crippen molar-refractivity contribution < 1.29 is 17.9 Å². The second kappa shape index (κ2) is 5.51. The number of carbonyl (C=O) groups excluding carboxylic acids is 1. The van der Waals surface area contributed by atoms with Crippen LogP contribution in [0.2, 0.25) is 0 Å². The van der Waals surface area contributed by atoms with Gasteiger partial charge in [0.05, 0.1) is 12.8 Å². The predicted octanol–water partition coefficient (Wildman–Crippen LogP) is 0.158. The molecule has 0 saturated carbocycles. The predicted molar refractivity (Wildman–Crippen MR) is 62.4 cm³/mol. The van der Waals surface area contributed by atoms with Crippen molar-refractivity contribution in [3.8, 4) is 0 Å². The van der Waals surface area contributed by atoms with E-state index in [0.717, 1.165) is 7.11 Å². The third kappa shape index (κ3) is 3.93. The van der Waals surface area contributed by atoms with E-state index in [1.165, 1.54) is 0 Å². The smallest absolute Gasteiger partial charge is 0.422 e. The zero-order valence-corrected chi connectivity index (χ0v) is 9.95. The van der Waals surface area contributed by atoms with Gasteiger partial charge in [0.15, 0.2) is 0 Å². The van der Waals surface area contributed by atoms with Crippen LogP contribution in [0.1, 0.15) is 5.56 Å². The van der Waals surface area contributed by atoms with E-state index in [0.29, 0.717) is 11.3 Å². The number of carbonyl (C=O) groups is 1. The van der Waals surface area contributed by atoms with Gasteiger partial charge in [-0.15, -0.1) is 0 Å². The van der Waals surface area contributed by atoms with Crippen molar-refractivity contribution in [1.82, 2.24) is 4.72 Å². The van der Waals surface area contributed by atoms with Gasteiger partial charge >= 0.3 is 16.3 Å². The molecule has 0 heterocycles. The molecule has 1 aromatic carbocycles. The molecule has 0 aliphatic carbocycles. The van der Waals surface area contributed by atoms with Gasteiger partial charge in [0.2, 0.25) is 0 Å². The normalized spacial score (nSPS) is 10.7. The molecule has 0 fully saturated rings. The number of methoxy groups -OCH3 is 1. The summed E-state index contributed by atoms with van der Waals surface area (Å²) in [6, 6.07) is 6.59. The lowest BCUT2D eigenvalue weighted by Crippen LogP contribution is -2.35. The van der Waals surface area contributed by atoms with Gasteiger partial charge in [0.1, 0.15) is 0 Å². The lowest BCUT2D eigenvalue weighted by atomic mass is 10.2. The van der Waals surface area contributed by atoms with Crippen molar-refractivity contribution in [3.63, 3.8) is 0 Å². The lowest BCUT2D eigenvalue weighted by molar-refractivity contribution is 0.177. The van der Waals surface area contributed by atoms with Crippen LogP contribution in [0.3, 0.4) is 0 Å². The fourth-order valence-corrected chi connectivity index (χ4v) is 1.96. The Labute approximate surface area is 99.1 Å². The molecule has 1 rings (SSSR count). The minimum absolute atomic E-state index is 0.177. The van der Waals surface area contributed by atoms with Gasteiger partial charge in [0.25, 0.3) is 0 Å². The number of hydrogen-bond acceptors (Lipinski definition) is 5. The first kappa shape index (κ1) is 13.3. The minimum Gasteiger partial charge on any atom is -0.452 e. The van der Waals surface area contributed by atoms with Gasteiger partial charge in [-0.1, -0.05) is 18.2 Å². The largest absolute Gasteiger partial charge is 0.452 e. The Morgan fingerprint density at radius 3 is 2.65 bits per heavy atom. The van der Waals surface area contributed by atoms with Gasteiger partial charge in [-0.2, -0.15) is 8.42 Å². The zero-order valence-electron chi connectivity index (χ0n) is 9.14. The van der Waals surface area contributed by atoms with Crippen molar-refractivity contribution in [1.29, 1.82) is 0 Å². The average Bonchev–Trinajstić information content (AvgIpc) is 2.28. The van der Waals surface area contributed by atoms with Crippen molar-refractivity contribution in [3.05, 3.63) is 29.8 Å². The molecular formula is C9H13N3O4S. The third-order valence-corrected chi connectivity index (χ3v) is 2.81. The van der Waals surface area contributed by atoms with Crippen LogP contribution in [0, 0.1) is 0 Å². The second-order valence-electron chi connectivity index (χ2n) is 3.06. The van der Waals surface area contributed by atoms with Crippen LogP contribution in [0.15, 0.2) is 24.3 Å². The molecule has 17 heavy (non-hydrogen) atoms. The van der Waals surface area contributed by atoms with E-state index in [9.17, 15) is 13.2 Å². The number of benzene rings is 1. The van der Waals surface area contributed by atoms with E-state index < -0.39 is 16.3 Å². The summed E-state index contributed by atoms with van der Waals surface area (Å²) in [6.07, 6.45) is -1.07. The van der Waals surface area contributed by atoms with Crippen LogP contribution >= 0.6 is 0 Å². The Hall–Kier alpha value is -1.80. The van der Waals surface area contributed by atoms with E-state index in [1.54, 1.807) is 29.0 Å². The molecule has 0 bridgehead atoms. The van der Waals surface area contributed by atoms with E-state index >= 15 is 0 Å². The second-order valence-corrected chi connectivity index (χ2v) is 4.48. The first-order valence-electron chi connectivity index (χ1n) is 4.65. The number of ether oxygens (including phenoxy) is 1. The van der Waals surface area contributed by atoms with Crippen molar-refractivity contribution in [2.45, 2.75) is 6.54 Å². The maximum absolute atomic E-state index is 11.5. The Morgan fingerprint density at radius 1 is 1.41 bits per heavy atom. The van der Waals surface area contributed by atoms with Gasteiger partial charge in [0, 0.05) is 6.54 Å². The maximum atomic E-state index is 11.5. The highest BCUT2D eigenvalue weighted by Gasteiger charge is 2.15. The molecular weight excluding hydrogens is 246 g/mol. The van der Waals surface area contributed by atoms with E-state index in [1.807, 2.05) is 0 Å². The monoisotopic (exact) mass is 259 g/mol. The summed E-state index contributed by atoms with van der Waals surface area (Å²) >= 11 is 0. The number of nitrogens with one attached hydrogen (secondary N) is 2. The van der Waals surface area contributed by atoms with Crippen LogP contribution in [0.4, 0.5) is 10.5 Å². The SMILES string of the molecule is COC(=O)NS(=O)(=O)Nc1ccccc1CN. The zero-order chi connectivity index (χ0) is 12.9. The first-order valence-corrected chi connectivity index (χ1v) is 6.13. The number of anilines is 1. The Balaban J connectivity index is 2.86. The minimum atomic E-state index is -4.01. The topological polar surface area (TPSA) is 111 Å². The number of para-hydroxylation sites is 1. The van der Waals surface area contributed by atoms with Gasteiger partial charge in [-0.3, -0.25) is 4.72 Å². The highest BCUT2D eigenvalue weighted by Crippen LogP contribution is 2.15. The Kier molecular flexibility index (Phi) is 4.30. The highest BCUT2D eigenvalue weighted by atomic mass is 32.2. The summed E-state index contributed by atoms with van der Waals surface area (Å²) in [5, 5.41) is 0. The molecule has 1 amide bonds. The van der Waals surface area contributed by atoms with E-state index in [2.05, 4.69) is 9.46 Å². The lowest BCUT2D eigenvalue weighted by Gasteiger charge is -2.11. The quantitative estimate of drug-likeness (QED) is 0.713. The van der Waals surface area contributed by atoms with Crippen LogP contribution in [-0.4, -0.2) is 21.6 Å². The molecule has 0 aromatic heterocycles. The maximum Gasteiger partial charge on any atom is 0.422 e. The van der Waals surface area contributed by atoms with Crippen LogP contribution in [0.25, 0.3) is 0 Å². The molecule has 0 aliphatic rings. The van der Waals surface area contributed by atoms with E-state index in [-0.39, 0.29) is 6.54 Å². The van der Waals surface area contributed by atoms with Gasteiger partial charge in [-0.25, -0.2) is 9.52 Å². The highest BCUT2D eigenvalue weighted by molar-refractivity contribution is 7.91. The molecule has 0 unspecified atom stereocenters. The molecule has 1 aromatic rings. The molecule has 8 heteroatoms. The molecule has 0 saturated heterocycles. The fourth-order valence-electron chi connectivity index (χ4n) is 1.12. The summed E-state index contributed by atoms with van der Waals surface area (Å²) in [6.45, 7) is 0.177. The molecule has 0 aliphatic heterocycles. The number of amides is 1. The summed E-state index contributed by atoms with van der Waals surface area (Å²) in [5.41, 5.74) is 6.38. The number of hydrogen-bond donors (Lipinski definition) is 3. The van der Waals surface area contributed by atoms with Gasteiger partial charge in [-0.05, 0) is 11.6 Å². The summed E-state index contributed by atoms with van der Waals surface area (Å²) in [7, 11) is -2.94. The molecule has 7 nitrogen and oxygen atoms in total. The molecule has 0 radical (unpaired) electrons. The van der Waals surface area contributed by atoms with Crippen LogP contribution < -0.4 is 15.2 Å². The van der Waals surface area contributed by atoms with Crippen molar-refractivity contribution >= 4 is 22.0 Å². The summed E-state index contributed by atoms with van der Waals surface area (Å²) in [5.74, 6) is 0. The van der Waals surface area contributed by atoms with Crippen LogP contribution in [-0.2, 0) is 21.5 Å². The third-order valence-electron chi connectivity index (χ3n) is 1.88. The van der Waals surface area contributed by atoms with Crippen molar-refractivity contribution in [2.75, 3.05) is 11.8 Å². The van der Waals surface area contributed by atoms with Gasteiger partial charge < -0.3 is 10.5 Å². The Morgan fingerprint density at radius 2 is 2.06 bits per heavy atom. The van der Waals surface area contributed by atoms with E-state index in [4.69, 9.17) is 5.73 Å². The fraction of sp³-hybridized carbons (Fsp3) is 0.222. The van der Waals surface area contributed by atoms with Crippen LogP contribution in [0.5, 0.6) is 0 Å². The molecule has 0 atom stereocenters. The summed E-state index contributed by atoms with van der Waals surface area (Å²) < 4.78 is 31.0. The van der Waals surface area contributed by atoms with Crippen molar-refractivity contribution in [2.24, 2.45) is 5.73 Å². The molecule has 0 spiro atoms. The number of rotatable bonds is 4. The molecule has 94 valence electrons. The number of nitrogens with two attached hydrogens (primary N) is 1. The Bertz CT molecular complexity index is 501. The first-order chi connectivity index (χ1) is 7.98.